The summed E-state index contributed by atoms with van der Waals surface area (Å²) in [6.07, 6.45) is 7.53. The van der Waals surface area contributed by atoms with E-state index in [-0.39, 0.29) is 58.1 Å². The van der Waals surface area contributed by atoms with Gasteiger partial charge in [0.25, 0.3) is 5.91 Å². The quantitative estimate of drug-likeness (QED) is 0.263. The van der Waals surface area contributed by atoms with Gasteiger partial charge in [0, 0.05) is 36.5 Å². The summed E-state index contributed by atoms with van der Waals surface area (Å²) in [5.74, 6) is -2.15. The standard InChI is InChI=1S/C30H32Cl2F2N4O4/c1-2-42-30(41)19-5-7-22(8-6-19)38-28(18-3-4-18)23(12-36-38)29(40)37(15-17-9-20(33)11-21(34)10-17)16-26(39)27-24(31)13-35-14-25(27)32/h9-14,18-19,22,26,39H,2-8,15-16H2,1H3. The summed E-state index contributed by atoms with van der Waals surface area (Å²) < 4.78 is 35.2. The van der Waals surface area contributed by atoms with E-state index in [4.69, 9.17) is 27.9 Å². The van der Waals surface area contributed by atoms with Crippen LogP contribution in [0.2, 0.25) is 10.0 Å². The van der Waals surface area contributed by atoms with Gasteiger partial charge in [-0.15, -0.1) is 0 Å². The molecule has 2 aliphatic rings. The molecule has 0 saturated heterocycles. The maximum Gasteiger partial charge on any atom is 0.308 e. The van der Waals surface area contributed by atoms with E-state index in [1.165, 1.54) is 23.5 Å². The van der Waals surface area contributed by atoms with E-state index in [2.05, 4.69) is 10.1 Å². The summed E-state index contributed by atoms with van der Waals surface area (Å²) in [6, 6.07) is 3.08. The second-order valence-corrected chi connectivity index (χ2v) is 11.7. The number of halogens is 4. The van der Waals surface area contributed by atoms with Crippen molar-refractivity contribution in [2.75, 3.05) is 13.2 Å². The number of esters is 1. The molecule has 2 fully saturated rings. The zero-order chi connectivity index (χ0) is 30.0. The number of hydrogen-bond donors (Lipinski definition) is 1. The van der Waals surface area contributed by atoms with E-state index in [0.717, 1.165) is 49.6 Å². The number of rotatable bonds is 10. The Labute approximate surface area is 252 Å². The lowest BCUT2D eigenvalue weighted by Crippen LogP contribution is -2.35. The first kappa shape index (κ1) is 30.4. The minimum Gasteiger partial charge on any atom is -0.466 e. The van der Waals surface area contributed by atoms with Crippen molar-refractivity contribution in [3.05, 3.63) is 80.9 Å². The Morgan fingerprint density at radius 2 is 1.69 bits per heavy atom. The van der Waals surface area contributed by atoms with Gasteiger partial charge in [-0.2, -0.15) is 5.10 Å². The summed E-state index contributed by atoms with van der Waals surface area (Å²) in [5, 5.41) is 16.0. The van der Waals surface area contributed by atoms with E-state index >= 15 is 0 Å². The van der Waals surface area contributed by atoms with Crippen LogP contribution in [0.25, 0.3) is 0 Å². The summed E-state index contributed by atoms with van der Waals surface area (Å²) >= 11 is 12.5. The lowest BCUT2D eigenvalue weighted by molar-refractivity contribution is -0.149. The number of carbonyl (C=O) groups is 2. The number of nitrogens with zero attached hydrogens (tertiary/aromatic N) is 4. The molecule has 1 atom stereocenters. The van der Waals surface area contributed by atoms with Crippen molar-refractivity contribution in [2.45, 2.75) is 70.1 Å². The molecule has 0 bridgehead atoms. The average molecular weight is 622 g/mol. The van der Waals surface area contributed by atoms with Crippen LogP contribution in [0.15, 0.2) is 36.8 Å². The number of benzene rings is 1. The molecule has 0 aliphatic heterocycles. The summed E-state index contributed by atoms with van der Waals surface area (Å²) in [7, 11) is 0. The van der Waals surface area contributed by atoms with Crippen LogP contribution < -0.4 is 0 Å². The van der Waals surface area contributed by atoms with E-state index in [9.17, 15) is 23.5 Å². The number of pyridine rings is 1. The maximum atomic E-state index is 14.2. The van der Waals surface area contributed by atoms with Crippen molar-refractivity contribution in [1.29, 1.82) is 0 Å². The Kier molecular flexibility index (Phi) is 9.44. The fourth-order valence-electron chi connectivity index (χ4n) is 5.76. The molecule has 2 saturated carbocycles. The number of carbonyl (C=O) groups excluding carboxylic acids is 2. The van der Waals surface area contributed by atoms with Crippen LogP contribution in [-0.2, 0) is 16.1 Å². The Hall–Kier alpha value is -3.08. The number of ether oxygens (including phenoxy) is 1. The van der Waals surface area contributed by atoms with E-state index < -0.39 is 23.6 Å². The molecule has 42 heavy (non-hydrogen) atoms. The van der Waals surface area contributed by atoms with Crippen molar-refractivity contribution < 1.29 is 28.2 Å². The first-order valence-electron chi connectivity index (χ1n) is 14.1. The minimum atomic E-state index is -1.30. The van der Waals surface area contributed by atoms with Crippen LogP contribution >= 0.6 is 23.2 Å². The smallest absolute Gasteiger partial charge is 0.308 e. The van der Waals surface area contributed by atoms with Gasteiger partial charge in [0.05, 0.1) is 58.7 Å². The van der Waals surface area contributed by atoms with Gasteiger partial charge in [-0.05, 0) is 63.1 Å². The predicted octanol–water partition coefficient (Wildman–Crippen LogP) is 6.41. The Morgan fingerprint density at radius 3 is 2.29 bits per heavy atom. The SMILES string of the molecule is CCOC(=O)C1CCC(n2ncc(C(=O)N(Cc3cc(F)cc(F)c3)CC(O)c3c(Cl)cncc3Cl)c2C2CC2)CC1. The van der Waals surface area contributed by atoms with E-state index in [1.807, 2.05) is 4.68 Å². The summed E-state index contributed by atoms with van der Waals surface area (Å²) in [5.41, 5.74) is 1.61. The van der Waals surface area contributed by atoms with Crippen LogP contribution in [0.5, 0.6) is 0 Å². The molecule has 12 heteroatoms. The highest BCUT2D eigenvalue weighted by atomic mass is 35.5. The van der Waals surface area contributed by atoms with Gasteiger partial charge in [0.1, 0.15) is 11.6 Å². The first-order chi connectivity index (χ1) is 20.2. The Bertz CT molecular complexity index is 1420. The van der Waals surface area contributed by atoms with E-state index in [0.29, 0.717) is 25.0 Å². The molecular formula is C30H32Cl2F2N4O4. The molecular weight excluding hydrogens is 589 g/mol. The molecule has 2 aromatic heterocycles. The second-order valence-electron chi connectivity index (χ2n) is 10.9. The van der Waals surface area contributed by atoms with Crippen molar-refractivity contribution in [1.82, 2.24) is 19.7 Å². The molecule has 1 aromatic carbocycles. The highest BCUT2D eigenvalue weighted by molar-refractivity contribution is 6.35. The summed E-state index contributed by atoms with van der Waals surface area (Å²) in [4.78, 5) is 31.6. The fourth-order valence-corrected chi connectivity index (χ4v) is 6.38. The van der Waals surface area contributed by atoms with Crippen molar-refractivity contribution in [3.63, 3.8) is 0 Å². The lowest BCUT2D eigenvalue weighted by Gasteiger charge is -2.29. The van der Waals surface area contributed by atoms with Crippen molar-refractivity contribution in [2.24, 2.45) is 5.92 Å². The minimum absolute atomic E-state index is 0.0265. The van der Waals surface area contributed by atoms with Crippen molar-refractivity contribution >= 4 is 35.1 Å². The fraction of sp³-hybridized carbons (Fsp3) is 0.467. The number of aromatic nitrogens is 3. The third-order valence-electron chi connectivity index (χ3n) is 7.89. The largest absolute Gasteiger partial charge is 0.466 e. The monoisotopic (exact) mass is 620 g/mol. The van der Waals surface area contributed by atoms with Gasteiger partial charge in [-0.25, -0.2) is 8.78 Å². The second kappa shape index (κ2) is 13.1. The van der Waals surface area contributed by atoms with Gasteiger partial charge >= 0.3 is 5.97 Å². The molecule has 0 spiro atoms. The topological polar surface area (TPSA) is 97.6 Å². The van der Waals surface area contributed by atoms with Crippen LogP contribution in [-0.4, -0.2) is 49.8 Å². The first-order valence-corrected chi connectivity index (χ1v) is 14.9. The molecule has 224 valence electrons. The molecule has 2 heterocycles. The van der Waals surface area contributed by atoms with Gasteiger partial charge in [0.2, 0.25) is 0 Å². The molecule has 1 unspecified atom stereocenters. The van der Waals surface area contributed by atoms with Crippen LogP contribution in [0.3, 0.4) is 0 Å². The predicted molar refractivity (Wildman–Crippen MR) is 152 cm³/mol. The maximum absolute atomic E-state index is 14.2. The zero-order valence-corrected chi connectivity index (χ0v) is 24.6. The molecule has 3 aromatic rings. The number of aliphatic hydroxyl groups excluding tert-OH is 1. The van der Waals surface area contributed by atoms with Gasteiger partial charge in [-0.1, -0.05) is 23.2 Å². The normalized spacial score (nSPS) is 19.4. The third kappa shape index (κ3) is 6.76. The molecule has 8 nitrogen and oxygen atoms in total. The lowest BCUT2D eigenvalue weighted by atomic mass is 9.86. The molecule has 1 amide bonds. The van der Waals surface area contributed by atoms with Crippen molar-refractivity contribution in [3.8, 4) is 0 Å². The van der Waals surface area contributed by atoms with E-state index in [1.54, 1.807) is 6.92 Å². The van der Waals surface area contributed by atoms with Gasteiger partial charge in [-0.3, -0.25) is 19.3 Å². The molecule has 0 radical (unpaired) electrons. The van der Waals surface area contributed by atoms with Crippen LogP contribution in [0.1, 0.15) is 90.7 Å². The van der Waals surface area contributed by atoms with Gasteiger partial charge < -0.3 is 14.7 Å². The number of aliphatic hydroxyl groups is 1. The number of amides is 1. The highest BCUT2D eigenvalue weighted by Gasteiger charge is 2.38. The number of hydrogen-bond acceptors (Lipinski definition) is 6. The average Bonchev–Trinajstić information content (AvgIpc) is 3.69. The zero-order valence-electron chi connectivity index (χ0n) is 23.1. The Balaban J connectivity index is 1.43. The summed E-state index contributed by atoms with van der Waals surface area (Å²) in [6.45, 7) is 1.72. The van der Waals surface area contributed by atoms with Crippen LogP contribution in [0, 0.1) is 17.6 Å². The molecule has 2 aliphatic carbocycles. The molecule has 1 N–H and O–H groups in total. The molecule has 5 rings (SSSR count). The van der Waals surface area contributed by atoms with Crippen LogP contribution in [0.4, 0.5) is 8.78 Å². The van der Waals surface area contributed by atoms with Gasteiger partial charge in [0.15, 0.2) is 0 Å². The highest BCUT2D eigenvalue weighted by Crippen LogP contribution is 2.45. The Morgan fingerprint density at radius 1 is 1.05 bits per heavy atom. The third-order valence-corrected chi connectivity index (χ3v) is 8.49.